The number of anilines is 2. The van der Waals surface area contributed by atoms with Crippen LogP contribution in [-0.2, 0) is 0 Å². The number of hydrogen-bond donors (Lipinski definition) is 0. The van der Waals surface area contributed by atoms with Crippen LogP contribution in [0, 0.1) is 0 Å². The van der Waals surface area contributed by atoms with E-state index in [1.54, 1.807) is 0 Å². The molecule has 1 aliphatic heterocycles. The Kier molecular flexibility index (Phi) is 5.61. The van der Waals surface area contributed by atoms with Crippen LogP contribution in [0.25, 0.3) is 56.3 Å². The summed E-state index contributed by atoms with van der Waals surface area (Å²) in [5.74, 6) is 0. The van der Waals surface area contributed by atoms with Crippen LogP contribution in [0.2, 0.25) is 0 Å². The van der Waals surface area contributed by atoms with Crippen molar-refractivity contribution < 1.29 is 0 Å². The average molecular weight is 539 g/mol. The lowest BCUT2D eigenvalue weighted by Crippen LogP contribution is -2.17. The summed E-state index contributed by atoms with van der Waals surface area (Å²) in [6.07, 6.45) is 10.6. The summed E-state index contributed by atoms with van der Waals surface area (Å²) in [7, 11) is 0. The molecule has 0 saturated heterocycles. The van der Waals surface area contributed by atoms with Crippen molar-refractivity contribution in [2.24, 2.45) is 0 Å². The highest BCUT2D eigenvalue weighted by Gasteiger charge is 2.27. The first-order valence-corrected chi connectivity index (χ1v) is 14.6. The molecule has 200 valence electrons. The molecule has 1 aliphatic carbocycles. The maximum atomic E-state index is 4.14. The van der Waals surface area contributed by atoms with Crippen LogP contribution in [-0.4, -0.2) is 4.57 Å². The summed E-state index contributed by atoms with van der Waals surface area (Å²) < 4.78 is 2.37. The average Bonchev–Trinajstić information content (AvgIpc) is 3.33. The summed E-state index contributed by atoms with van der Waals surface area (Å²) in [6, 6.07) is 39.7. The van der Waals surface area contributed by atoms with Gasteiger partial charge in [-0.15, -0.1) is 0 Å². The van der Waals surface area contributed by atoms with E-state index in [1.807, 2.05) is 12.2 Å². The number of aromatic nitrogens is 1. The topological polar surface area (TPSA) is 8.17 Å². The van der Waals surface area contributed by atoms with Crippen molar-refractivity contribution in [3.05, 3.63) is 157 Å². The minimum atomic E-state index is 1.03. The molecular formula is C40H30N2. The lowest BCUT2D eigenvalue weighted by molar-refractivity contribution is 1.02. The predicted octanol–water partition coefficient (Wildman–Crippen LogP) is 10.9. The van der Waals surface area contributed by atoms with E-state index in [2.05, 4.69) is 144 Å². The van der Waals surface area contributed by atoms with E-state index in [1.165, 1.54) is 55.5 Å². The Balaban J connectivity index is 1.34. The van der Waals surface area contributed by atoms with Crippen molar-refractivity contribution in [2.45, 2.75) is 12.8 Å². The highest BCUT2D eigenvalue weighted by molar-refractivity contribution is 6.13. The van der Waals surface area contributed by atoms with Gasteiger partial charge in [0.05, 0.1) is 16.7 Å². The van der Waals surface area contributed by atoms with Gasteiger partial charge in [-0.2, -0.15) is 0 Å². The van der Waals surface area contributed by atoms with Crippen LogP contribution in [0.3, 0.4) is 0 Å². The van der Waals surface area contributed by atoms with Crippen LogP contribution >= 0.6 is 0 Å². The fourth-order valence-electron chi connectivity index (χ4n) is 6.95. The first-order valence-electron chi connectivity index (χ1n) is 14.6. The second-order valence-corrected chi connectivity index (χ2v) is 10.9. The maximum Gasteiger partial charge on any atom is 0.0547 e. The summed E-state index contributed by atoms with van der Waals surface area (Å²) in [5.41, 5.74) is 14.6. The summed E-state index contributed by atoms with van der Waals surface area (Å²) >= 11 is 0. The lowest BCUT2D eigenvalue weighted by atomic mass is 9.90. The molecule has 2 heteroatoms. The molecule has 2 heterocycles. The molecule has 0 atom stereocenters. The molecule has 0 spiro atoms. The largest absolute Gasteiger partial charge is 0.310 e. The third-order valence-corrected chi connectivity index (χ3v) is 8.78. The van der Waals surface area contributed by atoms with Gasteiger partial charge in [0.2, 0.25) is 0 Å². The quantitative estimate of drug-likeness (QED) is 0.217. The third-order valence-electron chi connectivity index (χ3n) is 8.78. The van der Waals surface area contributed by atoms with Crippen molar-refractivity contribution in [1.29, 1.82) is 0 Å². The van der Waals surface area contributed by atoms with Crippen LogP contribution in [0.5, 0.6) is 0 Å². The predicted molar refractivity (Wildman–Crippen MR) is 180 cm³/mol. The molecule has 0 amide bonds. The van der Waals surface area contributed by atoms with Gasteiger partial charge in [-0.05, 0) is 89.2 Å². The van der Waals surface area contributed by atoms with Gasteiger partial charge in [-0.25, -0.2) is 0 Å². The van der Waals surface area contributed by atoms with Gasteiger partial charge in [0.1, 0.15) is 0 Å². The number of nitrogens with zero attached hydrogens (tertiary/aromatic N) is 2. The highest BCUT2D eigenvalue weighted by atomic mass is 15.2. The smallest absolute Gasteiger partial charge is 0.0547 e. The van der Waals surface area contributed by atoms with Gasteiger partial charge in [-0.1, -0.05) is 98.1 Å². The Hall–Kier alpha value is -5.34. The number of hydrogen-bond acceptors (Lipinski definition) is 1. The zero-order valence-electron chi connectivity index (χ0n) is 23.4. The van der Waals surface area contributed by atoms with Gasteiger partial charge in [0.15, 0.2) is 0 Å². The van der Waals surface area contributed by atoms with Gasteiger partial charge in [0.25, 0.3) is 0 Å². The number of rotatable bonds is 4. The maximum absolute atomic E-state index is 4.14. The monoisotopic (exact) mass is 538 g/mol. The Morgan fingerprint density at radius 2 is 1.33 bits per heavy atom. The summed E-state index contributed by atoms with van der Waals surface area (Å²) in [5, 5.41) is 2.43. The van der Waals surface area contributed by atoms with Gasteiger partial charge < -0.3 is 9.47 Å². The fraction of sp³-hybridized carbons (Fsp3) is 0.0500. The number of benzene rings is 5. The molecular weight excluding hydrogens is 508 g/mol. The zero-order valence-corrected chi connectivity index (χ0v) is 23.4. The second-order valence-electron chi connectivity index (χ2n) is 10.9. The Bertz CT molecular complexity index is 2120. The molecule has 2 aliphatic rings. The Morgan fingerprint density at radius 1 is 0.619 bits per heavy atom. The van der Waals surface area contributed by atoms with Gasteiger partial charge >= 0.3 is 0 Å². The molecule has 0 fully saturated rings. The van der Waals surface area contributed by atoms with Crippen molar-refractivity contribution >= 4 is 50.9 Å². The van der Waals surface area contributed by atoms with E-state index in [0.717, 1.165) is 35.3 Å². The summed E-state index contributed by atoms with van der Waals surface area (Å²) in [6.45, 7) is 8.19. The number of para-hydroxylation sites is 2. The molecule has 42 heavy (non-hydrogen) atoms. The molecule has 0 radical (unpaired) electrons. The molecule has 0 N–H and O–H groups in total. The van der Waals surface area contributed by atoms with Crippen molar-refractivity contribution in [2.75, 3.05) is 4.90 Å². The second kappa shape index (κ2) is 9.64. The normalized spacial score (nSPS) is 14.0. The van der Waals surface area contributed by atoms with Gasteiger partial charge in [0, 0.05) is 33.4 Å². The molecule has 0 saturated carbocycles. The van der Waals surface area contributed by atoms with E-state index in [4.69, 9.17) is 0 Å². The lowest BCUT2D eigenvalue weighted by Gasteiger charge is -2.29. The Labute approximate surface area is 246 Å². The minimum Gasteiger partial charge on any atom is -0.310 e. The molecule has 6 aromatic rings. The van der Waals surface area contributed by atoms with E-state index in [-0.39, 0.29) is 0 Å². The van der Waals surface area contributed by atoms with Crippen molar-refractivity contribution in [3.63, 3.8) is 0 Å². The van der Waals surface area contributed by atoms with E-state index in [9.17, 15) is 0 Å². The van der Waals surface area contributed by atoms with Crippen LogP contribution in [0.1, 0.15) is 29.5 Å². The minimum absolute atomic E-state index is 1.03. The first-order chi connectivity index (χ1) is 20.8. The third kappa shape index (κ3) is 3.52. The highest BCUT2D eigenvalue weighted by Crippen LogP contribution is 2.48. The molecule has 0 unspecified atom stereocenters. The van der Waals surface area contributed by atoms with E-state index < -0.39 is 0 Å². The Morgan fingerprint density at radius 3 is 2.14 bits per heavy atom. The van der Waals surface area contributed by atoms with E-state index >= 15 is 0 Å². The molecule has 0 bridgehead atoms. The van der Waals surface area contributed by atoms with E-state index in [0.29, 0.717) is 0 Å². The van der Waals surface area contributed by atoms with Crippen LogP contribution in [0.4, 0.5) is 11.4 Å². The number of allylic oxidation sites excluding steroid dienone is 3. The standard InChI is InChI=1S/C40H30N2/c1-3-27-21-26-39-40(30(27)4-2)35-17-9-12-20-38(35)42(39)29-24-22-28(23-25-29)41-36-18-10-7-15-33(36)31-13-5-6-14-32(31)34-16-8-11-19-37(34)41/h3-7,9-15,17-26H,1-2,8,16H2. The zero-order chi connectivity index (χ0) is 28.2. The number of fused-ring (bicyclic) bond motifs is 7. The SMILES string of the molecule is C=Cc1ccc2c(c1C=C)c1ccccc1n2-c1ccc(N2C3=C(CCC=C3)c3ccccc3-c3ccccc32)cc1. The molecule has 5 aromatic carbocycles. The van der Waals surface area contributed by atoms with Crippen molar-refractivity contribution in [3.8, 4) is 16.8 Å². The molecule has 8 rings (SSSR count). The summed E-state index contributed by atoms with van der Waals surface area (Å²) in [4.78, 5) is 2.45. The molecule has 2 nitrogen and oxygen atoms in total. The first kappa shape index (κ1) is 24.5. The van der Waals surface area contributed by atoms with Crippen LogP contribution < -0.4 is 4.90 Å². The van der Waals surface area contributed by atoms with Crippen molar-refractivity contribution in [1.82, 2.24) is 4.57 Å². The van der Waals surface area contributed by atoms with Gasteiger partial charge in [-0.3, -0.25) is 0 Å². The fourth-order valence-corrected chi connectivity index (χ4v) is 6.95. The van der Waals surface area contributed by atoms with Crippen LogP contribution in [0.15, 0.2) is 140 Å². The molecule has 1 aromatic heterocycles.